The van der Waals surface area contributed by atoms with E-state index in [9.17, 15) is 0 Å². The van der Waals surface area contributed by atoms with Crippen LogP contribution in [-0.4, -0.2) is 24.9 Å². The minimum atomic E-state index is -0.612. The van der Waals surface area contributed by atoms with Crippen molar-refractivity contribution in [2.75, 3.05) is 19.8 Å². The summed E-state index contributed by atoms with van der Waals surface area (Å²) in [6.07, 6.45) is 1.39. The van der Waals surface area contributed by atoms with Gasteiger partial charge in [-0.15, -0.1) is 11.3 Å². The van der Waals surface area contributed by atoms with Crippen LogP contribution in [0.3, 0.4) is 0 Å². The molecule has 0 spiro atoms. The van der Waals surface area contributed by atoms with Crippen molar-refractivity contribution in [1.82, 2.24) is 0 Å². The number of ether oxygens (including phenoxy) is 2. The molecule has 0 atom stereocenters. The van der Waals surface area contributed by atoms with Gasteiger partial charge in [-0.05, 0) is 34.5 Å². The molecular weight excluding hydrogens is 280 g/mol. The van der Waals surface area contributed by atoms with E-state index in [2.05, 4.69) is 15.9 Å². The van der Waals surface area contributed by atoms with E-state index in [0.29, 0.717) is 26.1 Å². The number of halogens is 1. The highest BCUT2D eigenvalue weighted by atomic mass is 79.9. The summed E-state index contributed by atoms with van der Waals surface area (Å²) in [6, 6.07) is 4.00. The van der Waals surface area contributed by atoms with E-state index >= 15 is 0 Å². The molecule has 0 aromatic carbocycles. The highest BCUT2D eigenvalue weighted by molar-refractivity contribution is 9.11. The molecule has 0 radical (unpaired) electrons. The van der Waals surface area contributed by atoms with Crippen LogP contribution in [0, 0.1) is 0 Å². The molecule has 0 unspecified atom stereocenters. The van der Waals surface area contributed by atoms with Crippen molar-refractivity contribution in [1.29, 1.82) is 0 Å². The predicted octanol–water partition coefficient (Wildman–Crippen LogP) is 2.48. The van der Waals surface area contributed by atoms with E-state index in [4.69, 9.17) is 14.6 Å². The lowest BCUT2D eigenvalue weighted by atomic mass is 10.1. The predicted molar refractivity (Wildman–Crippen MR) is 61.9 cm³/mol. The summed E-state index contributed by atoms with van der Waals surface area (Å²) in [5.74, 6) is -0.612. The van der Waals surface area contributed by atoms with E-state index in [0.717, 1.165) is 8.66 Å². The molecule has 15 heavy (non-hydrogen) atoms. The van der Waals surface area contributed by atoms with E-state index in [1.165, 1.54) is 0 Å². The van der Waals surface area contributed by atoms with Gasteiger partial charge in [-0.2, -0.15) is 0 Å². The molecule has 0 saturated carbocycles. The molecule has 1 aromatic heterocycles. The molecule has 0 bridgehead atoms. The van der Waals surface area contributed by atoms with Crippen molar-refractivity contribution in [3.63, 3.8) is 0 Å². The van der Waals surface area contributed by atoms with Crippen LogP contribution in [0.2, 0.25) is 0 Å². The van der Waals surface area contributed by atoms with E-state index in [1.807, 2.05) is 12.1 Å². The Bertz CT molecular complexity index is 320. The molecular formula is C10H13BrO3S. The first-order chi connectivity index (χ1) is 7.27. The normalized spacial score (nSPS) is 19.6. The summed E-state index contributed by atoms with van der Waals surface area (Å²) in [5.41, 5.74) is 0. The Labute approximate surface area is 101 Å². The van der Waals surface area contributed by atoms with Crippen molar-refractivity contribution in [3.05, 3.63) is 20.8 Å². The Morgan fingerprint density at radius 1 is 1.40 bits per heavy atom. The topological polar surface area (TPSA) is 38.7 Å². The standard InChI is InChI=1S/C10H13BrO3S/c11-9-3-2-8(15-9)10(4-1-5-12)13-6-7-14-10/h2-3,12H,1,4-7H2. The Kier molecular flexibility index (Phi) is 3.79. The van der Waals surface area contributed by atoms with Crippen molar-refractivity contribution in [2.24, 2.45) is 0 Å². The molecule has 84 valence electrons. The zero-order valence-corrected chi connectivity index (χ0v) is 10.6. The van der Waals surface area contributed by atoms with Gasteiger partial charge in [0.2, 0.25) is 5.79 Å². The van der Waals surface area contributed by atoms with Crippen LogP contribution >= 0.6 is 27.3 Å². The maximum atomic E-state index is 8.88. The van der Waals surface area contributed by atoms with Crippen LogP contribution in [-0.2, 0) is 15.3 Å². The van der Waals surface area contributed by atoms with Crippen molar-refractivity contribution < 1.29 is 14.6 Å². The van der Waals surface area contributed by atoms with E-state index in [1.54, 1.807) is 11.3 Å². The lowest BCUT2D eigenvalue weighted by Gasteiger charge is -2.25. The number of hydrogen-bond donors (Lipinski definition) is 1. The second-order valence-electron chi connectivity index (χ2n) is 3.38. The number of aliphatic hydroxyl groups excluding tert-OH is 1. The monoisotopic (exact) mass is 292 g/mol. The van der Waals surface area contributed by atoms with Gasteiger partial charge in [0.25, 0.3) is 0 Å². The van der Waals surface area contributed by atoms with Gasteiger partial charge in [-0.1, -0.05) is 0 Å². The molecule has 3 nitrogen and oxygen atoms in total. The first-order valence-corrected chi connectivity index (χ1v) is 6.52. The second kappa shape index (κ2) is 4.93. The summed E-state index contributed by atoms with van der Waals surface area (Å²) < 4.78 is 12.5. The Hall–Kier alpha value is 0.0600. The molecule has 5 heteroatoms. The third-order valence-electron chi connectivity index (χ3n) is 2.37. The molecule has 1 aliphatic heterocycles. The minimum Gasteiger partial charge on any atom is -0.396 e. The maximum absolute atomic E-state index is 8.88. The summed E-state index contributed by atoms with van der Waals surface area (Å²) in [6.45, 7) is 1.42. The van der Waals surface area contributed by atoms with Gasteiger partial charge in [0, 0.05) is 13.0 Å². The van der Waals surface area contributed by atoms with E-state index in [-0.39, 0.29) is 6.61 Å². The van der Waals surface area contributed by atoms with Crippen molar-refractivity contribution >= 4 is 27.3 Å². The lowest BCUT2D eigenvalue weighted by molar-refractivity contribution is -0.170. The highest BCUT2D eigenvalue weighted by Gasteiger charge is 2.39. The zero-order valence-electron chi connectivity index (χ0n) is 8.24. The third kappa shape index (κ3) is 2.42. The van der Waals surface area contributed by atoms with Crippen LogP contribution in [0.15, 0.2) is 15.9 Å². The number of thiophene rings is 1. The molecule has 1 N–H and O–H groups in total. The molecule has 2 rings (SSSR count). The van der Waals surface area contributed by atoms with Crippen molar-refractivity contribution in [3.8, 4) is 0 Å². The fourth-order valence-electron chi connectivity index (χ4n) is 1.70. The van der Waals surface area contributed by atoms with E-state index < -0.39 is 5.79 Å². The molecule has 1 saturated heterocycles. The SMILES string of the molecule is OCCCC1(c2ccc(Br)s2)OCCO1. The maximum Gasteiger partial charge on any atom is 0.204 e. The van der Waals surface area contributed by atoms with Gasteiger partial charge in [0.1, 0.15) is 0 Å². The molecule has 1 fully saturated rings. The quantitative estimate of drug-likeness (QED) is 0.927. The lowest BCUT2D eigenvalue weighted by Crippen LogP contribution is -2.26. The van der Waals surface area contributed by atoms with Crippen LogP contribution in [0.5, 0.6) is 0 Å². The van der Waals surface area contributed by atoms with Gasteiger partial charge >= 0.3 is 0 Å². The molecule has 1 aliphatic rings. The van der Waals surface area contributed by atoms with Gasteiger partial charge in [0.15, 0.2) is 0 Å². The number of aliphatic hydroxyl groups is 1. The van der Waals surface area contributed by atoms with Gasteiger partial charge < -0.3 is 14.6 Å². The summed E-state index contributed by atoms with van der Waals surface area (Å²) in [5, 5.41) is 8.88. The summed E-state index contributed by atoms with van der Waals surface area (Å²) in [4.78, 5) is 1.07. The van der Waals surface area contributed by atoms with Gasteiger partial charge in [-0.3, -0.25) is 0 Å². The Morgan fingerprint density at radius 2 is 2.13 bits per heavy atom. The Balaban J connectivity index is 2.18. The van der Waals surface area contributed by atoms with Crippen LogP contribution < -0.4 is 0 Å². The summed E-state index contributed by atoms with van der Waals surface area (Å²) in [7, 11) is 0. The van der Waals surface area contributed by atoms with Gasteiger partial charge in [0.05, 0.1) is 21.9 Å². The molecule has 0 amide bonds. The molecule has 2 heterocycles. The van der Waals surface area contributed by atoms with Crippen LogP contribution in [0.1, 0.15) is 17.7 Å². The first-order valence-electron chi connectivity index (χ1n) is 4.91. The highest BCUT2D eigenvalue weighted by Crippen LogP contribution is 2.40. The number of rotatable bonds is 4. The third-order valence-corrected chi connectivity index (χ3v) is 4.11. The van der Waals surface area contributed by atoms with Crippen molar-refractivity contribution in [2.45, 2.75) is 18.6 Å². The first kappa shape index (κ1) is 11.5. The zero-order chi connectivity index (χ0) is 10.7. The smallest absolute Gasteiger partial charge is 0.204 e. The molecule has 0 aliphatic carbocycles. The average molecular weight is 293 g/mol. The minimum absolute atomic E-state index is 0.168. The second-order valence-corrected chi connectivity index (χ2v) is 5.84. The average Bonchev–Trinajstić information content (AvgIpc) is 2.84. The fourth-order valence-corrected chi connectivity index (χ4v) is 3.21. The van der Waals surface area contributed by atoms with Crippen LogP contribution in [0.4, 0.5) is 0 Å². The van der Waals surface area contributed by atoms with Gasteiger partial charge in [-0.25, -0.2) is 0 Å². The summed E-state index contributed by atoms with van der Waals surface area (Å²) >= 11 is 5.05. The Morgan fingerprint density at radius 3 is 2.67 bits per heavy atom. The molecule has 1 aromatic rings. The fraction of sp³-hybridized carbons (Fsp3) is 0.600. The number of hydrogen-bond acceptors (Lipinski definition) is 4. The van der Waals surface area contributed by atoms with Crippen LogP contribution in [0.25, 0.3) is 0 Å². The largest absolute Gasteiger partial charge is 0.396 e.